The molecule has 1 spiro atoms. The zero-order chi connectivity index (χ0) is 20.1. The Balaban J connectivity index is 1.67. The average molecular weight is 399 g/mol. The standard InChI is InChI=1S/C20H30BN5OS/c1-14-16(21)17-22-10-12-26(17)18(23-14)25-11-9-20(7-5-6-8-20)15(13-25)24-28(27)19(2,3)4/h10,12,15,24H,5-9,11,13H2,1-4H3/t15?,28-/m1/s1. The van der Waals surface area contributed by atoms with E-state index >= 15 is 0 Å². The molecule has 1 aliphatic carbocycles. The fourth-order valence-electron chi connectivity index (χ4n) is 4.68. The molecule has 1 saturated heterocycles. The first kappa shape index (κ1) is 19.9. The van der Waals surface area contributed by atoms with Crippen molar-refractivity contribution in [3.05, 3.63) is 18.1 Å². The summed E-state index contributed by atoms with van der Waals surface area (Å²) in [6.07, 6.45) is 9.75. The maximum atomic E-state index is 12.9. The van der Waals surface area contributed by atoms with Gasteiger partial charge < -0.3 is 4.90 Å². The lowest BCUT2D eigenvalue weighted by Crippen LogP contribution is -2.58. The fraction of sp³-hybridized carbons (Fsp3) is 0.700. The molecule has 2 fully saturated rings. The lowest BCUT2D eigenvalue weighted by molar-refractivity contribution is 0.176. The van der Waals surface area contributed by atoms with Crippen molar-refractivity contribution in [1.82, 2.24) is 19.1 Å². The van der Waals surface area contributed by atoms with Gasteiger partial charge in [-0.3, -0.25) is 4.40 Å². The van der Waals surface area contributed by atoms with Crippen LogP contribution >= 0.6 is 0 Å². The first-order chi connectivity index (χ1) is 13.2. The minimum atomic E-state index is -1.09. The monoisotopic (exact) mass is 399 g/mol. The van der Waals surface area contributed by atoms with Crippen molar-refractivity contribution >= 4 is 35.9 Å². The molecule has 1 N–H and O–H groups in total. The SMILES string of the molecule is [B]c1c(C)nc(N2CCC3(CCCC3)C(N[S@](=O)C(C)(C)C)C2)n2ccnc12. The number of fused-ring (bicyclic) bond motifs is 1. The molecule has 150 valence electrons. The molecule has 2 aromatic heterocycles. The molecule has 0 aromatic carbocycles. The highest BCUT2D eigenvalue weighted by Gasteiger charge is 2.46. The summed E-state index contributed by atoms with van der Waals surface area (Å²) in [5.74, 6) is 0.875. The molecular formula is C20H30BN5OS. The number of anilines is 1. The van der Waals surface area contributed by atoms with Crippen LogP contribution in [0.2, 0.25) is 0 Å². The Kier molecular flexibility index (Phi) is 5.07. The molecule has 2 atom stereocenters. The number of aromatic nitrogens is 3. The van der Waals surface area contributed by atoms with Crippen LogP contribution in [0.4, 0.5) is 5.95 Å². The Morgan fingerprint density at radius 3 is 2.68 bits per heavy atom. The van der Waals surface area contributed by atoms with E-state index in [0.29, 0.717) is 5.46 Å². The van der Waals surface area contributed by atoms with Crippen molar-refractivity contribution in [3.63, 3.8) is 0 Å². The summed E-state index contributed by atoms with van der Waals surface area (Å²) in [5.41, 5.74) is 2.43. The molecule has 3 heterocycles. The van der Waals surface area contributed by atoms with Gasteiger partial charge in [-0.1, -0.05) is 12.8 Å². The number of rotatable bonds is 3. The molecule has 1 saturated carbocycles. The Labute approximate surface area is 171 Å². The molecule has 2 radical (unpaired) electrons. The second-order valence-electron chi connectivity index (χ2n) is 9.35. The van der Waals surface area contributed by atoms with Crippen LogP contribution in [-0.4, -0.2) is 50.3 Å². The van der Waals surface area contributed by atoms with Crippen molar-refractivity contribution in [3.8, 4) is 0 Å². The molecule has 1 aliphatic heterocycles. The molecule has 0 bridgehead atoms. The van der Waals surface area contributed by atoms with E-state index in [4.69, 9.17) is 12.8 Å². The molecule has 28 heavy (non-hydrogen) atoms. The third kappa shape index (κ3) is 3.39. The summed E-state index contributed by atoms with van der Waals surface area (Å²) < 4.78 is 18.1. The van der Waals surface area contributed by atoms with Gasteiger partial charge in [0.05, 0.1) is 15.7 Å². The van der Waals surface area contributed by atoms with E-state index in [0.717, 1.165) is 36.8 Å². The molecular weight excluding hydrogens is 369 g/mol. The van der Waals surface area contributed by atoms with Gasteiger partial charge in [0.1, 0.15) is 13.5 Å². The van der Waals surface area contributed by atoms with E-state index in [9.17, 15) is 4.21 Å². The second kappa shape index (κ2) is 7.13. The number of piperidine rings is 1. The van der Waals surface area contributed by atoms with Crippen molar-refractivity contribution in [2.45, 2.75) is 70.6 Å². The molecule has 6 nitrogen and oxygen atoms in total. The average Bonchev–Trinajstić information content (AvgIpc) is 3.30. The summed E-state index contributed by atoms with van der Waals surface area (Å²) in [7, 11) is 5.09. The minimum Gasteiger partial charge on any atom is -0.340 e. The topological polar surface area (TPSA) is 62.5 Å². The van der Waals surface area contributed by atoms with Crippen LogP contribution in [0, 0.1) is 12.3 Å². The summed E-state index contributed by atoms with van der Waals surface area (Å²) in [6, 6.07) is 0.182. The van der Waals surface area contributed by atoms with Gasteiger partial charge in [-0.25, -0.2) is 18.9 Å². The van der Waals surface area contributed by atoms with E-state index in [1.54, 1.807) is 6.20 Å². The molecule has 2 aliphatic rings. The Hall–Kier alpha value is -1.41. The van der Waals surface area contributed by atoms with Gasteiger partial charge in [0.15, 0.2) is 0 Å². The van der Waals surface area contributed by atoms with Crippen LogP contribution in [0.1, 0.15) is 58.6 Å². The predicted octanol–water partition coefficient (Wildman–Crippen LogP) is 2.02. The highest BCUT2D eigenvalue weighted by atomic mass is 32.2. The maximum Gasteiger partial charge on any atom is 0.211 e. The number of aryl methyl sites for hydroxylation is 1. The first-order valence-corrected chi connectivity index (χ1v) is 11.4. The summed E-state index contributed by atoms with van der Waals surface area (Å²) >= 11 is 0. The molecule has 0 amide bonds. The number of hydrogen-bond donors (Lipinski definition) is 1. The van der Waals surface area contributed by atoms with E-state index < -0.39 is 11.0 Å². The van der Waals surface area contributed by atoms with Crippen molar-refractivity contribution in [1.29, 1.82) is 0 Å². The van der Waals surface area contributed by atoms with Gasteiger partial charge in [-0.15, -0.1) is 0 Å². The van der Waals surface area contributed by atoms with Crippen molar-refractivity contribution in [2.24, 2.45) is 5.41 Å². The van der Waals surface area contributed by atoms with Crippen LogP contribution in [0.25, 0.3) is 5.65 Å². The fourth-order valence-corrected chi connectivity index (χ4v) is 5.61. The predicted molar refractivity (Wildman–Crippen MR) is 116 cm³/mol. The molecule has 8 heteroatoms. The first-order valence-electron chi connectivity index (χ1n) is 10.2. The molecule has 4 rings (SSSR count). The third-order valence-corrected chi connectivity index (χ3v) is 8.08. The van der Waals surface area contributed by atoms with Gasteiger partial charge in [-0.2, -0.15) is 0 Å². The summed E-state index contributed by atoms with van der Waals surface area (Å²) in [6.45, 7) is 9.75. The highest BCUT2D eigenvalue weighted by molar-refractivity contribution is 7.84. The lowest BCUT2D eigenvalue weighted by atomic mass is 9.73. The van der Waals surface area contributed by atoms with E-state index in [1.807, 2.05) is 38.3 Å². The van der Waals surface area contributed by atoms with Crippen molar-refractivity contribution in [2.75, 3.05) is 18.0 Å². The van der Waals surface area contributed by atoms with Crippen LogP contribution < -0.4 is 15.1 Å². The van der Waals surface area contributed by atoms with E-state index in [-0.39, 0.29) is 16.2 Å². The van der Waals surface area contributed by atoms with Gasteiger partial charge >= 0.3 is 0 Å². The smallest absolute Gasteiger partial charge is 0.211 e. The molecule has 1 unspecified atom stereocenters. The minimum absolute atomic E-state index is 0.182. The van der Waals surface area contributed by atoms with Gasteiger partial charge in [0.2, 0.25) is 5.95 Å². The van der Waals surface area contributed by atoms with Crippen LogP contribution in [0.5, 0.6) is 0 Å². The zero-order valence-corrected chi connectivity index (χ0v) is 18.2. The summed E-state index contributed by atoms with van der Waals surface area (Å²) in [4.78, 5) is 11.5. The normalized spacial score (nSPS) is 23.6. The second-order valence-corrected chi connectivity index (χ2v) is 11.3. The number of nitrogens with zero attached hydrogens (tertiary/aromatic N) is 4. The van der Waals surface area contributed by atoms with Crippen molar-refractivity contribution < 1.29 is 4.21 Å². The Morgan fingerprint density at radius 1 is 1.29 bits per heavy atom. The zero-order valence-electron chi connectivity index (χ0n) is 17.4. The van der Waals surface area contributed by atoms with Gasteiger partial charge in [-0.05, 0) is 57.8 Å². The summed E-state index contributed by atoms with van der Waals surface area (Å²) in [5, 5.41) is 0. The largest absolute Gasteiger partial charge is 0.340 e. The van der Waals surface area contributed by atoms with Crippen LogP contribution in [-0.2, 0) is 11.0 Å². The number of nitrogens with one attached hydrogen (secondary N) is 1. The number of imidazole rings is 1. The quantitative estimate of drug-likeness (QED) is 0.803. The lowest BCUT2D eigenvalue weighted by Gasteiger charge is -2.47. The van der Waals surface area contributed by atoms with Crippen LogP contribution in [0.3, 0.4) is 0 Å². The molecule has 2 aromatic rings. The van der Waals surface area contributed by atoms with Gasteiger partial charge in [0.25, 0.3) is 0 Å². The Bertz CT molecular complexity index is 900. The number of hydrogen-bond acceptors (Lipinski definition) is 4. The van der Waals surface area contributed by atoms with Crippen LogP contribution in [0.15, 0.2) is 12.4 Å². The third-order valence-electron chi connectivity index (χ3n) is 6.46. The highest BCUT2D eigenvalue weighted by Crippen LogP contribution is 2.47. The van der Waals surface area contributed by atoms with E-state index in [1.165, 1.54) is 25.7 Å². The maximum absolute atomic E-state index is 12.9. The van der Waals surface area contributed by atoms with E-state index in [2.05, 4.69) is 14.6 Å². The van der Waals surface area contributed by atoms with Gasteiger partial charge in [0, 0.05) is 37.2 Å². The Morgan fingerprint density at radius 2 is 2.00 bits per heavy atom.